The van der Waals surface area contributed by atoms with Crippen LogP contribution in [0.3, 0.4) is 0 Å². The van der Waals surface area contributed by atoms with Gasteiger partial charge in [-0.3, -0.25) is 9.59 Å². The molecule has 0 aliphatic heterocycles. The summed E-state index contributed by atoms with van der Waals surface area (Å²) in [6.45, 7) is 1.69. The minimum atomic E-state index is -3.51. The monoisotopic (exact) mass is 461 g/mol. The lowest BCUT2D eigenvalue weighted by atomic mass is 10.1. The van der Waals surface area contributed by atoms with Crippen LogP contribution in [0.2, 0.25) is 0 Å². The Morgan fingerprint density at radius 3 is 2.65 bits per heavy atom. The number of carbonyl (C=O) groups is 2. The molecule has 3 rings (SSSR count). The van der Waals surface area contributed by atoms with E-state index >= 15 is 0 Å². The van der Waals surface area contributed by atoms with Crippen molar-refractivity contribution in [1.82, 2.24) is 10.3 Å². The van der Waals surface area contributed by atoms with Crippen LogP contribution in [0, 0.1) is 0 Å². The van der Waals surface area contributed by atoms with E-state index < -0.39 is 21.5 Å². The average Bonchev–Trinajstić information content (AvgIpc) is 3.36. The van der Waals surface area contributed by atoms with Gasteiger partial charge in [-0.1, -0.05) is 30.3 Å². The molecule has 0 aliphatic rings. The van der Waals surface area contributed by atoms with E-state index in [1.54, 1.807) is 17.5 Å². The molecule has 164 valence electrons. The summed E-state index contributed by atoms with van der Waals surface area (Å²) in [7, 11) is -3.51. The molecule has 3 aromatic rings. The fourth-order valence-corrected chi connectivity index (χ4v) is 4.75. The molecular formula is C21H23N3O5S2. The van der Waals surface area contributed by atoms with Crippen molar-refractivity contribution in [2.75, 3.05) is 16.8 Å². The van der Waals surface area contributed by atoms with E-state index in [0.29, 0.717) is 35.2 Å². The van der Waals surface area contributed by atoms with Crippen molar-refractivity contribution in [2.24, 2.45) is 0 Å². The van der Waals surface area contributed by atoms with Gasteiger partial charge in [0.05, 0.1) is 12.3 Å². The van der Waals surface area contributed by atoms with Crippen LogP contribution in [0.4, 0.5) is 5.13 Å². The van der Waals surface area contributed by atoms with E-state index in [4.69, 9.17) is 4.42 Å². The maximum atomic E-state index is 12.2. The molecule has 2 heterocycles. The van der Waals surface area contributed by atoms with Crippen molar-refractivity contribution in [2.45, 2.75) is 26.3 Å². The van der Waals surface area contributed by atoms with Crippen LogP contribution in [0.15, 0.2) is 52.3 Å². The second-order valence-electron chi connectivity index (χ2n) is 6.94. The Bertz CT molecular complexity index is 1140. The van der Waals surface area contributed by atoms with Gasteiger partial charge in [-0.15, -0.1) is 11.3 Å². The largest absolute Gasteiger partial charge is 0.458 e. The summed E-state index contributed by atoms with van der Waals surface area (Å²) in [4.78, 5) is 27.4. The van der Waals surface area contributed by atoms with Crippen LogP contribution in [-0.2, 0) is 32.4 Å². The molecule has 2 N–H and O–H groups in total. The van der Waals surface area contributed by atoms with Crippen molar-refractivity contribution >= 4 is 38.1 Å². The number of hydrogen-bond donors (Lipinski definition) is 2. The lowest BCUT2D eigenvalue weighted by Crippen LogP contribution is -2.24. The van der Waals surface area contributed by atoms with Gasteiger partial charge < -0.3 is 15.1 Å². The normalized spacial score (nSPS) is 11.3. The van der Waals surface area contributed by atoms with Crippen LogP contribution >= 0.6 is 11.3 Å². The van der Waals surface area contributed by atoms with Gasteiger partial charge in [0, 0.05) is 12.3 Å². The first-order valence-corrected chi connectivity index (χ1v) is 12.3. The summed E-state index contributed by atoms with van der Waals surface area (Å²) in [5.41, 5.74) is 1.58. The first-order chi connectivity index (χ1) is 14.8. The number of hydrogen-bond acceptors (Lipinski definition) is 7. The fourth-order valence-electron chi connectivity index (χ4n) is 2.83. The van der Waals surface area contributed by atoms with Gasteiger partial charge in [0.15, 0.2) is 20.7 Å². The Hall–Kier alpha value is -2.98. The quantitative estimate of drug-likeness (QED) is 0.479. The standard InChI is InChI=1S/C21H23N3O5S2/c1-15(25)22-12-17-9-10-19(29-17)18-13-30-21(23-18)24-20(26)14-31(27,28)11-5-8-16-6-3-2-4-7-16/h2-4,6-7,9-10,13H,5,8,11-12,14H2,1H3,(H,22,25)(H,23,24,26). The Kier molecular flexibility index (Phi) is 7.59. The van der Waals surface area contributed by atoms with Crippen molar-refractivity contribution in [3.05, 3.63) is 59.2 Å². The highest BCUT2D eigenvalue weighted by atomic mass is 32.2. The molecule has 0 spiro atoms. The van der Waals surface area contributed by atoms with Gasteiger partial charge in [-0.05, 0) is 30.5 Å². The summed E-state index contributed by atoms with van der Waals surface area (Å²) < 4.78 is 30.1. The van der Waals surface area contributed by atoms with Crippen molar-refractivity contribution in [1.29, 1.82) is 0 Å². The number of anilines is 1. The Morgan fingerprint density at radius 1 is 1.13 bits per heavy atom. The second kappa shape index (κ2) is 10.4. The molecule has 10 heteroatoms. The fraction of sp³-hybridized carbons (Fsp3) is 0.286. The number of furan rings is 1. The van der Waals surface area contributed by atoms with E-state index in [-0.39, 0.29) is 18.2 Å². The molecule has 8 nitrogen and oxygen atoms in total. The molecule has 0 saturated carbocycles. The van der Waals surface area contributed by atoms with Crippen LogP contribution < -0.4 is 10.6 Å². The molecule has 0 aliphatic carbocycles. The number of carbonyl (C=O) groups excluding carboxylic acids is 2. The highest BCUT2D eigenvalue weighted by Gasteiger charge is 2.18. The molecule has 0 radical (unpaired) electrons. The van der Waals surface area contributed by atoms with Crippen molar-refractivity contribution < 1.29 is 22.4 Å². The van der Waals surface area contributed by atoms with Gasteiger partial charge in [0.2, 0.25) is 11.8 Å². The summed E-state index contributed by atoms with van der Waals surface area (Å²) in [6.07, 6.45) is 1.10. The zero-order valence-corrected chi connectivity index (χ0v) is 18.6. The molecule has 0 atom stereocenters. The maximum absolute atomic E-state index is 12.2. The van der Waals surface area contributed by atoms with Gasteiger partial charge >= 0.3 is 0 Å². The summed E-state index contributed by atoms with van der Waals surface area (Å²) >= 11 is 1.17. The van der Waals surface area contributed by atoms with E-state index in [9.17, 15) is 18.0 Å². The predicted molar refractivity (Wildman–Crippen MR) is 119 cm³/mol. The van der Waals surface area contributed by atoms with E-state index in [0.717, 1.165) is 5.56 Å². The SMILES string of the molecule is CC(=O)NCc1ccc(-c2csc(NC(=O)CS(=O)(=O)CCCc3ccccc3)n2)o1. The maximum Gasteiger partial charge on any atom is 0.241 e. The van der Waals surface area contributed by atoms with Crippen molar-refractivity contribution in [3.63, 3.8) is 0 Å². The molecule has 31 heavy (non-hydrogen) atoms. The Balaban J connectivity index is 1.49. The van der Waals surface area contributed by atoms with Gasteiger partial charge in [-0.2, -0.15) is 0 Å². The number of aryl methyl sites for hydroxylation is 1. The highest BCUT2D eigenvalue weighted by Crippen LogP contribution is 2.26. The summed E-state index contributed by atoms with van der Waals surface area (Å²) in [5, 5.41) is 7.16. The second-order valence-corrected chi connectivity index (χ2v) is 9.99. The third-order valence-corrected chi connectivity index (χ3v) is 6.66. The van der Waals surface area contributed by atoms with Crippen LogP contribution in [0.5, 0.6) is 0 Å². The summed E-state index contributed by atoms with van der Waals surface area (Å²) in [5.74, 6) is -0.353. The van der Waals surface area contributed by atoms with Crippen LogP contribution in [0.1, 0.15) is 24.7 Å². The lowest BCUT2D eigenvalue weighted by molar-refractivity contribution is -0.119. The van der Waals surface area contributed by atoms with Gasteiger partial charge in [0.25, 0.3) is 0 Å². The molecule has 0 bridgehead atoms. The zero-order chi connectivity index (χ0) is 22.3. The molecule has 0 saturated heterocycles. The van der Waals surface area contributed by atoms with Gasteiger partial charge in [-0.25, -0.2) is 13.4 Å². The highest BCUT2D eigenvalue weighted by molar-refractivity contribution is 7.92. The third-order valence-electron chi connectivity index (χ3n) is 4.29. The number of benzene rings is 1. The first kappa shape index (κ1) is 22.7. The number of nitrogens with one attached hydrogen (secondary N) is 2. The smallest absolute Gasteiger partial charge is 0.241 e. The molecular weight excluding hydrogens is 438 g/mol. The average molecular weight is 462 g/mol. The van der Waals surface area contributed by atoms with Gasteiger partial charge in [0.1, 0.15) is 17.2 Å². The number of thiazole rings is 1. The first-order valence-electron chi connectivity index (χ1n) is 9.64. The van der Waals surface area contributed by atoms with Crippen LogP contribution in [-0.4, -0.2) is 36.7 Å². The number of nitrogens with zero attached hydrogens (tertiary/aromatic N) is 1. The van der Waals surface area contributed by atoms with E-state index in [1.165, 1.54) is 18.3 Å². The molecule has 2 aromatic heterocycles. The van der Waals surface area contributed by atoms with Crippen molar-refractivity contribution in [3.8, 4) is 11.5 Å². The molecule has 0 unspecified atom stereocenters. The minimum Gasteiger partial charge on any atom is -0.458 e. The number of aromatic nitrogens is 1. The molecule has 2 amide bonds. The topological polar surface area (TPSA) is 118 Å². The summed E-state index contributed by atoms with van der Waals surface area (Å²) in [6, 6.07) is 13.1. The predicted octanol–water partition coefficient (Wildman–Crippen LogP) is 3.03. The molecule has 1 aromatic carbocycles. The Labute approximate surface area is 184 Å². The third kappa shape index (κ3) is 7.34. The number of amides is 2. The molecule has 0 fully saturated rings. The minimum absolute atomic E-state index is 0.0537. The zero-order valence-electron chi connectivity index (χ0n) is 17.0. The van der Waals surface area contributed by atoms with E-state index in [2.05, 4.69) is 15.6 Å². The number of sulfone groups is 1. The van der Waals surface area contributed by atoms with Crippen LogP contribution in [0.25, 0.3) is 11.5 Å². The Morgan fingerprint density at radius 2 is 1.90 bits per heavy atom. The number of rotatable bonds is 10. The lowest BCUT2D eigenvalue weighted by Gasteiger charge is -2.05. The van der Waals surface area contributed by atoms with E-state index in [1.807, 2.05) is 30.3 Å².